The molecule has 3 heterocycles. The van der Waals surface area contributed by atoms with E-state index in [1.54, 1.807) is 6.07 Å². The number of hydrogen-bond donors (Lipinski definition) is 0. The van der Waals surface area contributed by atoms with Gasteiger partial charge in [-0.2, -0.15) is 13.2 Å². The number of nitrogens with zero attached hydrogens (tertiary/aromatic N) is 4. The first-order chi connectivity index (χ1) is 13.8. The van der Waals surface area contributed by atoms with Crippen molar-refractivity contribution in [1.82, 2.24) is 14.9 Å². The Morgan fingerprint density at radius 3 is 2.59 bits per heavy atom. The first-order valence-electron chi connectivity index (χ1n) is 9.63. The van der Waals surface area contributed by atoms with Gasteiger partial charge in [0.15, 0.2) is 5.82 Å². The highest BCUT2D eigenvalue weighted by atomic mass is 19.4. The molecule has 29 heavy (non-hydrogen) atoms. The van der Waals surface area contributed by atoms with Crippen molar-refractivity contribution in [2.75, 3.05) is 24.5 Å². The maximum atomic E-state index is 13.1. The molecule has 4 rings (SSSR count). The molecule has 2 saturated heterocycles. The van der Waals surface area contributed by atoms with Gasteiger partial charge in [0.1, 0.15) is 11.9 Å². The molecule has 1 aromatic carbocycles. The van der Waals surface area contributed by atoms with Crippen LogP contribution in [0.4, 0.5) is 23.5 Å². The van der Waals surface area contributed by atoms with E-state index in [0.29, 0.717) is 19.0 Å². The van der Waals surface area contributed by atoms with E-state index in [0.717, 1.165) is 31.5 Å². The Kier molecular flexibility index (Phi) is 5.33. The van der Waals surface area contributed by atoms with Gasteiger partial charge in [0.25, 0.3) is 0 Å². The van der Waals surface area contributed by atoms with Crippen LogP contribution in [0.25, 0.3) is 0 Å². The second kappa shape index (κ2) is 7.78. The molecule has 0 spiro atoms. The van der Waals surface area contributed by atoms with Gasteiger partial charge in [0, 0.05) is 31.7 Å². The summed E-state index contributed by atoms with van der Waals surface area (Å²) in [5.74, 6) is 0.294. The summed E-state index contributed by atoms with van der Waals surface area (Å²) in [7, 11) is 0. The highest BCUT2D eigenvalue weighted by Gasteiger charge is 2.39. The van der Waals surface area contributed by atoms with E-state index in [-0.39, 0.29) is 23.9 Å². The molecule has 9 heteroatoms. The molecular formula is C20H22F4N4O. The van der Waals surface area contributed by atoms with E-state index in [2.05, 4.69) is 26.7 Å². The quantitative estimate of drug-likeness (QED) is 0.721. The third-order valence-corrected chi connectivity index (χ3v) is 5.70. The topological polar surface area (TPSA) is 41.5 Å². The fourth-order valence-electron chi connectivity index (χ4n) is 4.25. The van der Waals surface area contributed by atoms with E-state index >= 15 is 0 Å². The Balaban J connectivity index is 1.40. The van der Waals surface area contributed by atoms with Crippen LogP contribution in [0.15, 0.2) is 36.7 Å². The van der Waals surface area contributed by atoms with Gasteiger partial charge in [0.05, 0.1) is 18.0 Å². The number of piperidine rings is 1. The summed E-state index contributed by atoms with van der Waals surface area (Å²) in [6.07, 6.45) is -0.605. The van der Waals surface area contributed by atoms with Crippen molar-refractivity contribution in [1.29, 1.82) is 0 Å². The first-order valence-corrected chi connectivity index (χ1v) is 9.63. The van der Waals surface area contributed by atoms with Crippen molar-refractivity contribution in [3.8, 4) is 5.75 Å². The maximum absolute atomic E-state index is 13.1. The number of anilines is 1. The Labute approximate surface area is 166 Å². The van der Waals surface area contributed by atoms with Crippen molar-refractivity contribution in [3.63, 3.8) is 0 Å². The number of halogens is 4. The number of rotatable bonds is 3. The van der Waals surface area contributed by atoms with Gasteiger partial charge in [-0.3, -0.25) is 4.90 Å². The van der Waals surface area contributed by atoms with E-state index in [4.69, 9.17) is 4.74 Å². The Morgan fingerprint density at radius 1 is 1.10 bits per heavy atom. The third-order valence-electron chi connectivity index (χ3n) is 5.70. The number of ether oxygens (including phenoxy) is 1. The van der Waals surface area contributed by atoms with Crippen molar-refractivity contribution in [3.05, 3.63) is 48.0 Å². The summed E-state index contributed by atoms with van der Waals surface area (Å²) in [5, 5.41) is 0. The van der Waals surface area contributed by atoms with Crippen LogP contribution in [-0.4, -0.2) is 52.7 Å². The van der Waals surface area contributed by atoms with Crippen molar-refractivity contribution in [2.24, 2.45) is 0 Å². The molecule has 1 unspecified atom stereocenters. The zero-order valence-electron chi connectivity index (χ0n) is 15.9. The standard InChI is InChI=1S/C20H22F4N4O/c1-13-18-6-5-17(29-16-4-2-3-14(9-16)20(22,23)24)12-27(18)7-8-28(13)19-25-10-15(21)11-26-19/h2-4,9-11,13,17-18H,5-8,12H2,1H3/t13?,17-,18-/m0/s1. The van der Waals surface area contributed by atoms with E-state index in [1.165, 1.54) is 18.5 Å². The number of piperazine rings is 1. The second-order valence-corrected chi connectivity index (χ2v) is 7.54. The molecule has 0 N–H and O–H groups in total. The molecule has 3 atom stereocenters. The van der Waals surface area contributed by atoms with Crippen LogP contribution in [0.1, 0.15) is 25.3 Å². The number of benzene rings is 1. The van der Waals surface area contributed by atoms with Crippen LogP contribution in [-0.2, 0) is 6.18 Å². The molecule has 2 aromatic rings. The minimum Gasteiger partial charge on any atom is -0.489 e. The maximum Gasteiger partial charge on any atom is 0.416 e. The normalized spacial score (nSPS) is 25.6. The molecule has 5 nitrogen and oxygen atoms in total. The van der Waals surface area contributed by atoms with Crippen molar-refractivity contribution in [2.45, 2.75) is 44.1 Å². The zero-order valence-corrected chi connectivity index (χ0v) is 15.9. The van der Waals surface area contributed by atoms with E-state index in [1.807, 2.05) is 0 Å². The third kappa shape index (κ3) is 4.29. The van der Waals surface area contributed by atoms with Crippen molar-refractivity contribution < 1.29 is 22.3 Å². The molecule has 2 aliphatic rings. The largest absolute Gasteiger partial charge is 0.489 e. The van der Waals surface area contributed by atoms with Crippen LogP contribution in [0.5, 0.6) is 5.75 Å². The van der Waals surface area contributed by atoms with Gasteiger partial charge in [-0.15, -0.1) is 0 Å². The molecule has 0 bridgehead atoms. The van der Waals surface area contributed by atoms with Crippen LogP contribution in [0.2, 0.25) is 0 Å². The molecular weight excluding hydrogens is 388 g/mol. The highest BCUT2D eigenvalue weighted by molar-refractivity contribution is 5.33. The molecule has 1 aromatic heterocycles. The predicted molar refractivity (Wildman–Crippen MR) is 99.3 cm³/mol. The summed E-state index contributed by atoms with van der Waals surface area (Å²) < 4.78 is 57.7. The molecule has 2 aliphatic heterocycles. The summed E-state index contributed by atoms with van der Waals surface area (Å²) >= 11 is 0. The molecule has 0 saturated carbocycles. The minimum absolute atomic E-state index is 0.142. The molecule has 0 amide bonds. The average molecular weight is 410 g/mol. The number of alkyl halides is 3. The zero-order chi connectivity index (χ0) is 20.6. The summed E-state index contributed by atoms with van der Waals surface area (Å²) in [6.45, 7) is 4.21. The summed E-state index contributed by atoms with van der Waals surface area (Å²) in [5.41, 5.74) is -0.703. The van der Waals surface area contributed by atoms with Crippen LogP contribution < -0.4 is 9.64 Å². The Morgan fingerprint density at radius 2 is 1.86 bits per heavy atom. The van der Waals surface area contributed by atoms with Gasteiger partial charge in [0.2, 0.25) is 5.95 Å². The lowest BCUT2D eigenvalue weighted by Gasteiger charge is -2.50. The van der Waals surface area contributed by atoms with Gasteiger partial charge in [-0.05, 0) is 38.0 Å². The SMILES string of the molecule is CC1[C@@H]2CC[C@H](Oc3cccc(C(F)(F)F)c3)CN2CCN1c1ncc(F)cn1. The second-order valence-electron chi connectivity index (χ2n) is 7.54. The van der Waals surface area contributed by atoms with E-state index < -0.39 is 17.6 Å². The van der Waals surface area contributed by atoms with Crippen molar-refractivity contribution >= 4 is 5.95 Å². The number of fused-ring (bicyclic) bond motifs is 1. The lowest BCUT2D eigenvalue weighted by molar-refractivity contribution is -0.137. The van der Waals surface area contributed by atoms with Crippen LogP contribution >= 0.6 is 0 Å². The van der Waals surface area contributed by atoms with Gasteiger partial charge in [-0.25, -0.2) is 14.4 Å². The van der Waals surface area contributed by atoms with E-state index in [9.17, 15) is 17.6 Å². The molecule has 156 valence electrons. The number of hydrogen-bond acceptors (Lipinski definition) is 5. The average Bonchev–Trinajstić information content (AvgIpc) is 2.69. The van der Waals surface area contributed by atoms with Crippen LogP contribution in [0, 0.1) is 5.82 Å². The number of aromatic nitrogens is 2. The molecule has 2 fully saturated rings. The Bertz CT molecular complexity index is 845. The first kappa shape index (κ1) is 19.9. The fourth-order valence-corrected chi connectivity index (χ4v) is 4.25. The van der Waals surface area contributed by atoms with Crippen LogP contribution in [0.3, 0.4) is 0 Å². The summed E-state index contributed by atoms with van der Waals surface area (Å²) in [4.78, 5) is 12.6. The molecule has 0 radical (unpaired) electrons. The van der Waals surface area contributed by atoms with Gasteiger partial charge >= 0.3 is 6.18 Å². The lowest BCUT2D eigenvalue weighted by Crippen LogP contribution is -2.62. The smallest absolute Gasteiger partial charge is 0.416 e. The lowest BCUT2D eigenvalue weighted by atomic mass is 9.92. The summed E-state index contributed by atoms with van der Waals surface area (Å²) in [6, 6.07) is 5.43. The van der Waals surface area contributed by atoms with Gasteiger partial charge in [-0.1, -0.05) is 6.07 Å². The monoisotopic (exact) mass is 410 g/mol. The Hall–Kier alpha value is -2.42. The van der Waals surface area contributed by atoms with Gasteiger partial charge < -0.3 is 9.64 Å². The predicted octanol–water partition coefficient (Wildman–Crippen LogP) is 3.76. The minimum atomic E-state index is -4.38. The highest BCUT2D eigenvalue weighted by Crippen LogP contribution is 2.33. The molecule has 0 aliphatic carbocycles. The fraction of sp³-hybridized carbons (Fsp3) is 0.500.